The quantitative estimate of drug-likeness (QED) is 0.891. The molecule has 116 valence electrons. The topological polar surface area (TPSA) is 51.2 Å². The van der Waals surface area contributed by atoms with Crippen LogP contribution in [0.5, 0.6) is 5.75 Å². The number of aromatic nitrogens is 1. The Labute approximate surface area is 131 Å². The van der Waals surface area contributed by atoms with Crippen LogP contribution in [0.25, 0.3) is 0 Å². The van der Waals surface area contributed by atoms with Gasteiger partial charge >= 0.3 is 0 Å². The summed E-state index contributed by atoms with van der Waals surface area (Å²) in [4.78, 5) is 15.9. The first-order valence-corrected chi connectivity index (χ1v) is 7.51. The highest BCUT2D eigenvalue weighted by atomic mass is 16.5. The van der Waals surface area contributed by atoms with Crippen LogP contribution in [-0.4, -0.2) is 23.5 Å². The Morgan fingerprint density at radius 1 is 1.27 bits per heavy atom. The number of ether oxygens (including phenoxy) is 1. The lowest BCUT2D eigenvalue weighted by atomic mass is 10.1. The third-order valence-electron chi connectivity index (χ3n) is 3.20. The molecule has 0 atom stereocenters. The van der Waals surface area contributed by atoms with Crippen molar-refractivity contribution in [3.05, 3.63) is 59.4 Å². The standard InChI is InChI=1S/C18H22N2O2/c1-13(2)22-17-8-7-15(12-14(17)3)9-11-20-18(21)16-6-4-5-10-19-16/h4-8,10,12-13H,9,11H2,1-3H3,(H,20,21). The summed E-state index contributed by atoms with van der Waals surface area (Å²) >= 11 is 0. The maximum atomic E-state index is 11.9. The summed E-state index contributed by atoms with van der Waals surface area (Å²) in [5.74, 6) is 0.772. The van der Waals surface area contributed by atoms with Crippen LogP contribution in [0.1, 0.15) is 35.5 Å². The molecular weight excluding hydrogens is 276 g/mol. The first-order chi connectivity index (χ1) is 10.6. The molecule has 0 spiro atoms. The van der Waals surface area contributed by atoms with E-state index in [1.165, 1.54) is 5.56 Å². The normalized spacial score (nSPS) is 10.5. The number of carbonyl (C=O) groups is 1. The number of hydrogen-bond donors (Lipinski definition) is 1. The van der Waals surface area contributed by atoms with Gasteiger partial charge in [0.2, 0.25) is 0 Å². The first-order valence-electron chi connectivity index (χ1n) is 7.51. The van der Waals surface area contributed by atoms with Crippen LogP contribution in [0.3, 0.4) is 0 Å². The average Bonchev–Trinajstić information content (AvgIpc) is 2.50. The molecule has 22 heavy (non-hydrogen) atoms. The molecule has 4 heteroatoms. The Morgan fingerprint density at radius 2 is 2.09 bits per heavy atom. The molecule has 1 aromatic carbocycles. The molecule has 1 heterocycles. The minimum Gasteiger partial charge on any atom is -0.491 e. The second-order valence-corrected chi connectivity index (χ2v) is 5.49. The summed E-state index contributed by atoms with van der Waals surface area (Å²) in [5, 5.41) is 2.88. The first kappa shape index (κ1) is 16.0. The molecule has 2 aromatic rings. The zero-order chi connectivity index (χ0) is 15.9. The predicted molar refractivity (Wildman–Crippen MR) is 87.2 cm³/mol. The lowest BCUT2D eigenvalue weighted by Gasteiger charge is -2.13. The Kier molecular flexibility index (Phi) is 5.53. The molecule has 0 aliphatic carbocycles. The van der Waals surface area contributed by atoms with E-state index in [9.17, 15) is 4.79 Å². The lowest BCUT2D eigenvalue weighted by Crippen LogP contribution is -2.26. The maximum absolute atomic E-state index is 11.9. The molecule has 1 N–H and O–H groups in total. The van der Waals surface area contributed by atoms with E-state index < -0.39 is 0 Å². The number of aryl methyl sites for hydroxylation is 1. The van der Waals surface area contributed by atoms with E-state index >= 15 is 0 Å². The van der Waals surface area contributed by atoms with E-state index in [1.54, 1.807) is 24.4 Å². The van der Waals surface area contributed by atoms with Crippen molar-refractivity contribution < 1.29 is 9.53 Å². The molecule has 0 bridgehead atoms. The SMILES string of the molecule is Cc1cc(CCNC(=O)c2ccccn2)ccc1OC(C)C. The van der Waals surface area contributed by atoms with Crippen LogP contribution in [0.4, 0.5) is 0 Å². The molecule has 4 nitrogen and oxygen atoms in total. The van der Waals surface area contributed by atoms with Crippen LogP contribution in [-0.2, 0) is 6.42 Å². The number of benzene rings is 1. The third-order valence-corrected chi connectivity index (χ3v) is 3.20. The van der Waals surface area contributed by atoms with Crippen LogP contribution in [0.2, 0.25) is 0 Å². The van der Waals surface area contributed by atoms with Gasteiger partial charge in [-0.1, -0.05) is 18.2 Å². The van der Waals surface area contributed by atoms with E-state index in [1.807, 2.05) is 32.9 Å². The van der Waals surface area contributed by atoms with Gasteiger partial charge in [-0.25, -0.2) is 0 Å². The monoisotopic (exact) mass is 298 g/mol. The van der Waals surface area contributed by atoms with Crippen molar-refractivity contribution in [2.45, 2.75) is 33.3 Å². The van der Waals surface area contributed by atoms with E-state index in [0.29, 0.717) is 12.2 Å². The van der Waals surface area contributed by atoms with Crippen LogP contribution in [0, 0.1) is 6.92 Å². The number of nitrogens with zero attached hydrogens (tertiary/aromatic N) is 1. The van der Waals surface area contributed by atoms with Crippen LogP contribution in [0.15, 0.2) is 42.6 Å². The second-order valence-electron chi connectivity index (χ2n) is 5.49. The van der Waals surface area contributed by atoms with Gasteiger partial charge in [0.05, 0.1) is 6.10 Å². The number of rotatable bonds is 6. The molecule has 0 aliphatic rings. The minimum absolute atomic E-state index is 0.142. The highest BCUT2D eigenvalue weighted by Gasteiger charge is 2.06. The van der Waals surface area contributed by atoms with Gasteiger partial charge in [-0.05, 0) is 56.5 Å². The molecule has 1 amide bonds. The van der Waals surface area contributed by atoms with Gasteiger partial charge in [0, 0.05) is 12.7 Å². The van der Waals surface area contributed by atoms with Crippen molar-refractivity contribution in [2.75, 3.05) is 6.54 Å². The van der Waals surface area contributed by atoms with E-state index in [4.69, 9.17) is 4.74 Å². The molecule has 0 unspecified atom stereocenters. The Hall–Kier alpha value is -2.36. The molecule has 2 rings (SSSR count). The lowest BCUT2D eigenvalue weighted by molar-refractivity contribution is 0.0949. The molecule has 0 fully saturated rings. The average molecular weight is 298 g/mol. The second kappa shape index (κ2) is 7.59. The highest BCUT2D eigenvalue weighted by Crippen LogP contribution is 2.20. The summed E-state index contributed by atoms with van der Waals surface area (Å²) in [6.45, 7) is 6.65. The summed E-state index contributed by atoms with van der Waals surface area (Å²) in [6.07, 6.45) is 2.56. The molecule has 0 saturated carbocycles. The molecule has 0 aliphatic heterocycles. The van der Waals surface area contributed by atoms with Crippen molar-refractivity contribution in [3.63, 3.8) is 0 Å². The summed E-state index contributed by atoms with van der Waals surface area (Å²) in [6, 6.07) is 11.4. The summed E-state index contributed by atoms with van der Waals surface area (Å²) < 4.78 is 5.72. The summed E-state index contributed by atoms with van der Waals surface area (Å²) in [7, 11) is 0. The number of nitrogens with one attached hydrogen (secondary N) is 1. The van der Waals surface area contributed by atoms with Gasteiger partial charge in [-0.15, -0.1) is 0 Å². The van der Waals surface area contributed by atoms with E-state index in [0.717, 1.165) is 17.7 Å². The number of carbonyl (C=O) groups excluding carboxylic acids is 1. The van der Waals surface area contributed by atoms with Crippen LogP contribution >= 0.6 is 0 Å². The maximum Gasteiger partial charge on any atom is 0.269 e. The largest absolute Gasteiger partial charge is 0.491 e. The third kappa shape index (κ3) is 4.58. The van der Waals surface area contributed by atoms with Gasteiger partial charge < -0.3 is 10.1 Å². The van der Waals surface area contributed by atoms with Crippen LogP contribution < -0.4 is 10.1 Å². The van der Waals surface area contributed by atoms with Crippen molar-refractivity contribution in [2.24, 2.45) is 0 Å². The van der Waals surface area contributed by atoms with Crippen molar-refractivity contribution in [1.82, 2.24) is 10.3 Å². The Morgan fingerprint density at radius 3 is 2.73 bits per heavy atom. The minimum atomic E-state index is -0.142. The van der Waals surface area contributed by atoms with Gasteiger partial charge in [-0.2, -0.15) is 0 Å². The molecular formula is C18H22N2O2. The van der Waals surface area contributed by atoms with Crippen molar-refractivity contribution >= 4 is 5.91 Å². The smallest absolute Gasteiger partial charge is 0.269 e. The fourth-order valence-electron chi connectivity index (χ4n) is 2.16. The van der Waals surface area contributed by atoms with E-state index in [2.05, 4.69) is 16.4 Å². The fourth-order valence-corrected chi connectivity index (χ4v) is 2.16. The number of hydrogen-bond acceptors (Lipinski definition) is 3. The summed E-state index contributed by atoms with van der Waals surface area (Å²) in [5.41, 5.74) is 2.73. The molecule has 0 radical (unpaired) electrons. The van der Waals surface area contributed by atoms with E-state index in [-0.39, 0.29) is 12.0 Å². The van der Waals surface area contributed by atoms with Crippen molar-refractivity contribution in [1.29, 1.82) is 0 Å². The fraction of sp³-hybridized carbons (Fsp3) is 0.333. The number of amides is 1. The number of pyridine rings is 1. The molecule has 1 aromatic heterocycles. The predicted octanol–water partition coefficient (Wildman–Crippen LogP) is 3.15. The Balaban J connectivity index is 1.87. The molecule has 0 saturated heterocycles. The zero-order valence-corrected chi connectivity index (χ0v) is 13.3. The van der Waals surface area contributed by atoms with Gasteiger partial charge in [-0.3, -0.25) is 9.78 Å². The Bertz CT molecular complexity index is 624. The zero-order valence-electron chi connectivity index (χ0n) is 13.3. The highest BCUT2D eigenvalue weighted by molar-refractivity contribution is 5.92. The van der Waals surface area contributed by atoms with Gasteiger partial charge in [0.15, 0.2) is 0 Å². The van der Waals surface area contributed by atoms with Gasteiger partial charge in [0.1, 0.15) is 11.4 Å². The van der Waals surface area contributed by atoms with Gasteiger partial charge in [0.25, 0.3) is 5.91 Å². The van der Waals surface area contributed by atoms with Crippen molar-refractivity contribution in [3.8, 4) is 5.75 Å².